The van der Waals surface area contributed by atoms with E-state index in [0.717, 1.165) is 5.76 Å². The van der Waals surface area contributed by atoms with E-state index in [1.54, 1.807) is 48.5 Å². The smallest absolute Gasteiger partial charge is 0.248 e. The molecule has 0 atom stereocenters. The Morgan fingerprint density at radius 3 is 2.40 bits per heavy atom. The summed E-state index contributed by atoms with van der Waals surface area (Å²) >= 11 is 0. The van der Waals surface area contributed by atoms with Gasteiger partial charge in [-0.1, -0.05) is 42.5 Å². The molecular weight excluding hydrogens is 314 g/mol. The molecule has 3 rings (SSSR count). The summed E-state index contributed by atoms with van der Waals surface area (Å²) in [7, 11) is 0. The minimum absolute atomic E-state index is 0.0849. The van der Waals surface area contributed by atoms with Crippen LogP contribution in [0.1, 0.15) is 27.4 Å². The molecule has 2 aromatic carbocycles. The molecule has 1 N–H and O–H groups in total. The zero-order valence-corrected chi connectivity index (χ0v) is 13.7. The van der Waals surface area contributed by atoms with Crippen molar-refractivity contribution < 1.29 is 14.0 Å². The highest BCUT2D eigenvalue weighted by molar-refractivity contribution is 6.10. The van der Waals surface area contributed by atoms with E-state index in [2.05, 4.69) is 5.32 Å². The Kier molecular flexibility index (Phi) is 4.90. The first-order chi connectivity index (χ1) is 12.1. The summed E-state index contributed by atoms with van der Waals surface area (Å²) in [5.74, 6) is 1.02. The van der Waals surface area contributed by atoms with Crippen LogP contribution in [0.2, 0.25) is 0 Å². The Morgan fingerprint density at radius 2 is 1.68 bits per heavy atom. The maximum atomic E-state index is 12.5. The molecule has 0 saturated heterocycles. The fourth-order valence-electron chi connectivity index (χ4n) is 2.38. The number of carbonyl (C=O) groups excluding carboxylic acids is 2. The number of amides is 1. The van der Waals surface area contributed by atoms with Gasteiger partial charge in [-0.05, 0) is 37.3 Å². The molecule has 3 aromatic rings. The monoisotopic (exact) mass is 331 g/mol. The minimum Gasteiger partial charge on any atom is -0.462 e. The second kappa shape index (κ2) is 7.45. The predicted molar refractivity (Wildman–Crippen MR) is 97.4 cm³/mol. The first kappa shape index (κ1) is 16.5. The zero-order valence-electron chi connectivity index (χ0n) is 13.7. The van der Waals surface area contributed by atoms with Gasteiger partial charge in [-0.25, -0.2) is 0 Å². The Labute approximate surface area is 145 Å². The molecule has 1 aromatic heterocycles. The number of hydrogen-bond acceptors (Lipinski definition) is 3. The summed E-state index contributed by atoms with van der Waals surface area (Å²) in [4.78, 5) is 24.5. The minimum atomic E-state index is -0.293. The number of carbonyl (C=O) groups is 2. The molecule has 0 saturated carbocycles. The number of furan rings is 1. The lowest BCUT2D eigenvalue weighted by molar-refractivity contribution is -0.111. The van der Waals surface area contributed by atoms with Gasteiger partial charge in [0.2, 0.25) is 5.91 Å². The van der Waals surface area contributed by atoms with Crippen LogP contribution in [0.15, 0.2) is 77.2 Å². The van der Waals surface area contributed by atoms with E-state index in [1.165, 1.54) is 6.08 Å². The fourth-order valence-corrected chi connectivity index (χ4v) is 2.38. The Bertz CT molecular complexity index is 923. The van der Waals surface area contributed by atoms with Crippen LogP contribution in [0.3, 0.4) is 0 Å². The van der Waals surface area contributed by atoms with Gasteiger partial charge in [0.15, 0.2) is 5.78 Å². The first-order valence-electron chi connectivity index (χ1n) is 7.87. The van der Waals surface area contributed by atoms with Crippen LogP contribution >= 0.6 is 0 Å². The van der Waals surface area contributed by atoms with E-state index in [-0.39, 0.29) is 11.7 Å². The maximum Gasteiger partial charge on any atom is 0.248 e. The number of aryl methyl sites for hydroxylation is 1. The van der Waals surface area contributed by atoms with Crippen LogP contribution in [0, 0.1) is 6.92 Å². The van der Waals surface area contributed by atoms with Gasteiger partial charge in [-0.2, -0.15) is 0 Å². The molecule has 0 fully saturated rings. The van der Waals surface area contributed by atoms with Crippen molar-refractivity contribution in [2.24, 2.45) is 0 Å². The molecule has 124 valence electrons. The van der Waals surface area contributed by atoms with E-state index < -0.39 is 0 Å². The molecule has 1 heterocycles. The highest BCUT2D eigenvalue weighted by atomic mass is 16.3. The lowest BCUT2D eigenvalue weighted by Crippen LogP contribution is -2.09. The summed E-state index contributed by atoms with van der Waals surface area (Å²) in [6, 6.07) is 19.5. The Balaban J connectivity index is 1.70. The van der Waals surface area contributed by atoms with Gasteiger partial charge in [0.1, 0.15) is 11.5 Å². The van der Waals surface area contributed by atoms with Crippen LogP contribution < -0.4 is 5.32 Å². The highest BCUT2D eigenvalue weighted by Gasteiger charge is 2.09. The Morgan fingerprint density at radius 1 is 0.920 bits per heavy atom. The van der Waals surface area contributed by atoms with Crippen molar-refractivity contribution in [3.8, 4) is 0 Å². The molecule has 0 spiro atoms. The summed E-state index contributed by atoms with van der Waals surface area (Å²) in [5, 5.41) is 2.75. The van der Waals surface area contributed by atoms with Gasteiger partial charge in [0.05, 0.1) is 0 Å². The largest absolute Gasteiger partial charge is 0.462 e. The first-order valence-corrected chi connectivity index (χ1v) is 7.87. The van der Waals surface area contributed by atoms with Gasteiger partial charge in [0, 0.05) is 22.9 Å². The van der Waals surface area contributed by atoms with Crippen LogP contribution in [-0.4, -0.2) is 11.7 Å². The molecular formula is C21H17NO3. The lowest BCUT2D eigenvalue weighted by atomic mass is 10.0. The van der Waals surface area contributed by atoms with Crippen molar-refractivity contribution in [3.63, 3.8) is 0 Å². The standard InChI is InChI=1S/C21H17NO3/c1-15-10-11-19(25-15)12-13-20(23)22-18-9-5-8-17(14-18)21(24)16-6-3-2-4-7-16/h2-14H,1H3,(H,22,23)/b13-12+. The molecule has 25 heavy (non-hydrogen) atoms. The topological polar surface area (TPSA) is 59.3 Å². The number of rotatable bonds is 5. The SMILES string of the molecule is Cc1ccc(/C=C/C(=O)Nc2cccc(C(=O)c3ccccc3)c2)o1. The van der Waals surface area contributed by atoms with Crippen LogP contribution in [0.4, 0.5) is 5.69 Å². The quantitative estimate of drug-likeness (QED) is 0.554. The van der Waals surface area contributed by atoms with E-state index >= 15 is 0 Å². The predicted octanol–water partition coefficient (Wildman–Crippen LogP) is 4.47. The summed E-state index contributed by atoms with van der Waals surface area (Å²) in [6.45, 7) is 1.84. The molecule has 0 radical (unpaired) electrons. The van der Waals surface area contributed by atoms with Crippen molar-refractivity contribution in [2.75, 3.05) is 5.32 Å². The number of anilines is 1. The summed E-state index contributed by atoms with van der Waals surface area (Å²) in [5.41, 5.74) is 1.70. The van der Waals surface area contributed by atoms with Crippen molar-refractivity contribution in [1.29, 1.82) is 0 Å². The third-order valence-electron chi connectivity index (χ3n) is 3.59. The normalized spacial score (nSPS) is 10.8. The Hall–Kier alpha value is -3.40. The van der Waals surface area contributed by atoms with Crippen molar-refractivity contribution in [1.82, 2.24) is 0 Å². The van der Waals surface area contributed by atoms with Crippen LogP contribution in [0.25, 0.3) is 6.08 Å². The van der Waals surface area contributed by atoms with E-state index in [4.69, 9.17) is 4.42 Å². The summed E-state index contributed by atoms with van der Waals surface area (Å²) < 4.78 is 5.37. The molecule has 0 aliphatic rings. The maximum absolute atomic E-state index is 12.5. The molecule has 0 bridgehead atoms. The summed E-state index contributed by atoms with van der Waals surface area (Å²) in [6.07, 6.45) is 2.99. The molecule has 0 unspecified atom stereocenters. The van der Waals surface area contributed by atoms with Crippen molar-refractivity contribution in [2.45, 2.75) is 6.92 Å². The number of benzene rings is 2. The third-order valence-corrected chi connectivity index (χ3v) is 3.59. The number of ketones is 1. The third kappa shape index (κ3) is 4.32. The van der Waals surface area contributed by atoms with Gasteiger partial charge >= 0.3 is 0 Å². The molecule has 0 aliphatic heterocycles. The van der Waals surface area contributed by atoms with Gasteiger partial charge in [0.25, 0.3) is 0 Å². The zero-order chi connectivity index (χ0) is 17.6. The van der Waals surface area contributed by atoms with E-state index in [1.807, 2.05) is 31.2 Å². The fraction of sp³-hybridized carbons (Fsp3) is 0.0476. The second-order valence-corrected chi connectivity index (χ2v) is 5.55. The van der Waals surface area contributed by atoms with E-state index in [0.29, 0.717) is 22.6 Å². The second-order valence-electron chi connectivity index (χ2n) is 5.55. The molecule has 1 amide bonds. The van der Waals surface area contributed by atoms with Crippen LogP contribution in [0.5, 0.6) is 0 Å². The molecule has 0 aliphatic carbocycles. The number of hydrogen-bond donors (Lipinski definition) is 1. The average molecular weight is 331 g/mol. The highest BCUT2D eigenvalue weighted by Crippen LogP contribution is 2.15. The molecule has 4 nitrogen and oxygen atoms in total. The van der Waals surface area contributed by atoms with Gasteiger partial charge < -0.3 is 9.73 Å². The van der Waals surface area contributed by atoms with Crippen molar-refractivity contribution in [3.05, 3.63) is 95.5 Å². The lowest BCUT2D eigenvalue weighted by Gasteiger charge is -2.05. The van der Waals surface area contributed by atoms with Gasteiger partial charge in [-0.15, -0.1) is 0 Å². The van der Waals surface area contributed by atoms with Crippen LogP contribution in [-0.2, 0) is 4.79 Å². The van der Waals surface area contributed by atoms with Gasteiger partial charge in [-0.3, -0.25) is 9.59 Å². The van der Waals surface area contributed by atoms with E-state index in [9.17, 15) is 9.59 Å². The molecule has 4 heteroatoms. The number of nitrogens with one attached hydrogen (secondary N) is 1. The average Bonchev–Trinajstić information content (AvgIpc) is 3.06. The van der Waals surface area contributed by atoms with Crippen molar-refractivity contribution >= 4 is 23.5 Å².